The fraction of sp³-hybridized carbons (Fsp3) is 0.588. The van der Waals surface area contributed by atoms with E-state index in [1.54, 1.807) is 0 Å². The van der Waals surface area contributed by atoms with Crippen LogP contribution in [0.25, 0.3) is 0 Å². The lowest BCUT2D eigenvalue weighted by molar-refractivity contribution is 0.0754. The van der Waals surface area contributed by atoms with Crippen molar-refractivity contribution in [1.82, 2.24) is 4.90 Å². The van der Waals surface area contributed by atoms with Gasteiger partial charge in [-0.15, -0.1) is 0 Å². The number of carbonyl (C=O) groups is 1. The van der Waals surface area contributed by atoms with E-state index < -0.39 is 0 Å². The van der Waals surface area contributed by atoms with Crippen LogP contribution in [0.4, 0.5) is 0 Å². The molecule has 3 rings (SSSR count). The topological polar surface area (TPSA) is 20.3 Å². The summed E-state index contributed by atoms with van der Waals surface area (Å²) in [5, 5.41) is 0. The Labute approximate surface area is 129 Å². The molecule has 2 saturated carbocycles. The third-order valence-electron chi connectivity index (χ3n) is 5.14. The van der Waals surface area contributed by atoms with Crippen molar-refractivity contribution in [2.75, 3.05) is 13.6 Å². The number of halogens is 1. The monoisotopic (exact) mass is 335 g/mol. The normalized spacial score (nSPS) is 27.9. The van der Waals surface area contributed by atoms with Gasteiger partial charge < -0.3 is 4.90 Å². The summed E-state index contributed by atoms with van der Waals surface area (Å²) in [5.74, 6) is 2.72. The SMILES string of the molecule is Cc1cc(C(=O)N(C)CC2CC3CCC2C3)ccc1Br. The molecule has 0 aliphatic heterocycles. The van der Waals surface area contributed by atoms with Crippen LogP contribution in [0.3, 0.4) is 0 Å². The van der Waals surface area contributed by atoms with Crippen molar-refractivity contribution in [3.63, 3.8) is 0 Å². The van der Waals surface area contributed by atoms with E-state index in [1.165, 1.54) is 25.7 Å². The van der Waals surface area contributed by atoms with Gasteiger partial charge in [-0.2, -0.15) is 0 Å². The number of benzene rings is 1. The second-order valence-corrected chi connectivity index (χ2v) is 7.44. The third kappa shape index (κ3) is 2.65. The van der Waals surface area contributed by atoms with Crippen LogP contribution >= 0.6 is 15.9 Å². The van der Waals surface area contributed by atoms with Gasteiger partial charge in [-0.3, -0.25) is 4.79 Å². The fourth-order valence-corrected chi connectivity index (χ4v) is 4.28. The van der Waals surface area contributed by atoms with E-state index in [2.05, 4.69) is 15.9 Å². The van der Waals surface area contributed by atoms with Gasteiger partial charge >= 0.3 is 0 Å². The first kappa shape index (κ1) is 14.1. The van der Waals surface area contributed by atoms with Gasteiger partial charge in [-0.1, -0.05) is 22.4 Å². The molecule has 1 aromatic carbocycles. The van der Waals surface area contributed by atoms with Crippen LogP contribution in [0.5, 0.6) is 0 Å². The van der Waals surface area contributed by atoms with Gasteiger partial charge in [0.25, 0.3) is 5.91 Å². The van der Waals surface area contributed by atoms with Gasteiger partial charge in [-0.05, 0) is 67.7 Å². The highest BCUT2D eigenvalue weighted by Crippen LogP contribution is 2.48. The van der Waals surface area contributed by atoms with Crippen molar-refractivity contribution in [2.45, 2.75) is 32.6 Å². The molecule has 0 heterocycles. The van der Waals surface area contributed by atoms with Gasteiger partial charge in [0.1, 0.15) is 0 Å². The summed E-state index contributed by atoms with van der Waals surface area (Å²) >= 11 is 3.48. The second-order valence-electron chi connectivity index (χ2n) is 6.58. The first-order valence-electron chi connectivity index (χ1n) is 7.56. The summed E-state index contributed by atoms with van der Waals surface area (Å²) in [5.41, 5.74) is 1.92. The fourth-order valence-electron chi connectivity index (χ4n) is 4.03. The molecule has 2 fully saturated rings. The van der Waals surface area contributed by atoms with Crippen molar-refractivity contribution in [3.8, 4) is 0 Å². The number of rotatable bonds is 3. The summed E-state index contributed by atoms with van der Waals surface area (Å²) in [7, 11) is 1.95. The molecule has 1 amide bonds. The van der Waals surface area contributed by atoms with E-state index >= 15 is 0 Å². The van der Waals surface area contributed by atoms with Crippen LogP contribution in [0.15, 0.2) is 22.7 Å². The Balaban J connectivity index is 1.65. The predicted molar refractivity (Wildman–Crippen MR) is 84.8 cm³/mol. The van der Waals surface area contributed by atoms with Crippen LogP contribution in [-0.2, 0) is 0 Å². The minimum absolute atomic E-state index is 0.156. The summed E-state index contributed by atoms with van der Waals surface area (Å²) in [6.45, 7) is 2.95. The second kappa shape index (κ2) is 5.51. The number of aryl methyl sites for hydroxylation is 1. The first-order valence-corrected chi connectivity index (χ1v) is 8.35. The van der Waals surface area contributed by atoms with Crippen LogP contribution in [0, 0.1) is 24.7 Å². The Morgan fingerprint density at radius 3 is 2.75 bits per heavy atom. The Hall–Kier alpha value is -0.830. The molecule has 108 valence electrons. The first-order chi connectivity index (χ1) is 9.54. The summed E-state index contributed by atoms with van der Waals surface area (Å²) < 4.78 is 1.06. The summed E-state index contributed by atoms with van der Waals surface area (Å²) in [6.07, 6.45) is 5.55. The molecule has 2 bridgehead atoms. The van der Waals surface area contributed by atoms with Crippen molar-refractivity contribution in [3.05, 3.63) is 33.8 Å². The van der Waals surface area contributed by atoms with Gasteiger partial charge in [-0.25, -0.2) is 0 Å². The van der Waals surface area contributed by atoms with E-state index in [0.29, 0.717) is 0 Å². The lowest BCUT2D eigenvalue weighted by atomic mass is 9.88. The minimum Gasteiger partial charge on any atom is -0.341 e. The molecule has 0 N–H and O–H groups in total. The van der Waals surface area contributed by atoms with Gasteiger partial charge in [0, 0.05) is 23.6 Å². The van der Waals surface area contributed by atoms with Crippen LogP contribution in [0.2, 0.25) is 0 Å². The molecule has 20 heavy (non-hydrogen) atoms. The van der Waals surface area contributed by atoms with Crippen molar-refractivity contribution in [1.29, 1.82) is 0 Å². The zero-order chi connectivity index (χ0) is 14.3. The minimum atomic E-state index is 0.156. The van der Waals surface area contributed by atoms with Crippen LogP contribution < -0.4 is 0 Å². The number of amides is 1. The molecular weight excluding hydrogens is 314 g/mol. The molecule has 0 aromatic heterocycles. The zero-order valence-corrected chi connectivity index (χ0v) is 13.8. The standard InChI is InChI=1S/C17H22BrNO/c1-11-7-14(5-6-16(11)18)17(20)19(2)10-15-9-12-3-4-13(15)8-12/h5-7,12-13,15H,3-4,8-10H2,1-2H3. The maximum absolute atomic E-state index is 12.5. The molecule has 0 radical (unpaired) electrons. The van der Waals surface area contributed by atoms with Crippen molar-refractivity contribution < 1.29 is 4.79 Å². The van der Waals surface area contributed by atoms with E-state index in [0.717, 1.165) is 39.9 Å². The lowest BCUT2D eigenvalue weighted by Crippen LogP contribution is -2.33. The Morgan fingerprint density at radius 2 is 2.15 bits per heavy atom. The van der Waals surface area contributed by atoms with E-state index in [1.807, 2.05) is 37.1 Å². The molecule has 2 nitrogen and oxygen atoms in total. The molecule has 3 atom stereocenters. The maximum Gasteiger partial charge on any atom is 0.253 e. The lowest BCUT2D eigenvalue weighted by Gasteiger charge is -2.27. The van der Waals surface area contributed by atoms with Gasteiger partial charge in [0.2, 0.25) is 0 Å². The highest BCUT2D eigenvalue weighted by molar-refractivity contribution is 9.10. The van der Waals surface area contributed by atoms with Crippen LogP contribution in [0.1, 0.15) is 41.6 Å². The number of hydrogen-bond acceptors (Lipinski definition) is 1. The molecule has 2 aliphatic carbocycles. The largest absolute Gasteiger partial charge is 0.341 e. The highest BCUT2D eigenvalue weighted by Gasteiger charge is 2.40. The summed E-state index contributed by atoms with van der Waals surface area (Å²) in [6, 6.07) is 5.86. The van der Waals surface area contributed by atoms with Crippen LogP contribution in [-0.4, -0.2) is 24.4 Å². The maximum atomic E-state index is 12.5. The number of nitrogens with zero attached hydrogens (tertiary/aromatic N) is 1. The van der Waals surface area contributed by atoms with E-state index in [4.69, 9.17) is 0 Å². The molecule has 3 unspecified atom stereocenters. The van der Waals surface area contributed by atoms with Crippen molar-refractivity contribution >= 4 is 21.8 Å². The van der Waals surface area contributed by atoms with Gasteiger partial charge in [0.15, 0.2) is 0 Å². The molecule has 2 aliphatic rings. The average Bonchev–Trinajstić information content (AvgIpc) is 3.03. The Bertz CT molecular complexity index is 528. The number of hydrogen-bond donors (Lipinski definition) is 0. The average molecular weight is 336 g/mol. The summed E-state index contributed by atoms with van der Waals surface area (Å²) in [4.78, 5) is 14.4. The van der Waals surface area contributed by atoms with Crippen molar-refractivity contribution in [2.24, 2.45) is 17.8 Å². The quantitative estimate of drug-likeness (QED) is 0.807. The van der Waals surface area contributed by atoms with E-state index in [-0.39, 0.29) is 5.91 Å². The predicted octanol–water partition coefficient (Wildman–Crippen LogP) is 4.27. The molecular formula is C17H22BrNO. The zero-order valence-electron chi connectivity index (χ0n) is 12.2. The third-order valence-corrected chi connectivity index (χ3v) is 6.03. The van der Waals surface area contributed by atoms with E-state index in [9.17, 15) is 4.79 Å². The Morgan fingerprint density at radius 1 is 1.35 bits per heavy atom. The molecule has 3 heteroatoms. The number of fused-ring (bicyclic) bond motifs is 2. The number of carbonyl (C=O) groups excluding carboxylic acids is 1. The molecule has 0 saturated heterocycles. The smallest absolute Gasteiger partial charge is 0.253 e. The van der Waals surface area contributed by atoms with Gasteiger partial charge in [0.05, 0.1) is 0 Å². The molecule has 1 aromatic rings. The Kier molecular flexibility index (Phi) is 3.89. The molecule has 0 spiro atoms. The highest BCUT2D eigenvalue weighted by atomic mass is 79.9.